The van der Waals surface area contributed by atoms with Crippen LogP contribution in [-0.2, 0) is 13.5 Å². The Kier molecular flexibility index (Phi) is 4.38. The molecular weight excluding hydrogens is 318 g/mol. The number of rotatable bonds is 4. The van der Waals surface area contributed by atoms with Crippen molar-refractivity contribution >= 4 is 21.7 Å². The minimum Gasteiger partial charge on any atom is -0.496 e. The molecule has 108 valence electrons. The SMILES string of the molecule is COc1cc(Br)ccc1-c1nn(C)c(N)c1CC(C)C. The van der Waals surface area contributed by atoms with Crippen molar-refractivity contribution in [3.05, 3.63) is 28.2 Å². The van der Waals surface area contributed by atoms with Gasteiger partial charge in [-0.2, -0.15) is 5.10 Å². The number of methoxy groups -OCH3 is 1. The maximum Gasteiger partial charge on any atom is 0.129 e. The molecule has 0 aliphatic carbocycles. The number of hydrogen-bond acceptors (Lipinski definition) is 3. The van der Waals surface area contributed by atoms with Crippen LogP contribution in [0.4, 0.5) is 5.82 Å². The van der Waals surface area contributed by atoms with Gasteiger partial charge in [-0.15, -0.1) is 0 Å². The van der Waals surface area contributed by atoms with Gasteiger partial charge >= 0.3 is 0 Å². The third-order valence-electron chi connectivity index (χ3n) is 3.22. The molecule has 2 aromatic rings. The number of nitrogens with zero attached hydrogens (tertiary/aromatic N) is 2. The van der Waals surface area contributed by atoms with Gasteiger partial charge in [0.25, 0.3) is 0 Å². The Bertz CT molecular complexity index is 620. The Morgan fingerprint density at radius 2 is 2.10 bits per heavy atom. The van der Waals surface area contributed by atoms with Gasteiger partial charge in [0.2, 0.25) is 0 Å². The number of nitrogens with two attached hydrogens (primary N) is 1. The van der Waals surface area contributed by atoms with Crippen molar-refractivity contribution in [2.75, 3.05) is 12.8 Å². The Labute approximate surface area is 128 Å². The number of hydrogen-bond donors (Lipinski definition) is 1. The average molecular weight is 338 g/mol. The molecule has 0 atom stereocenters. The van der Waals surface area contributed by atoms with E-state index in [2.05, 4.69) is 34.9 Å². The zero-order chi connectivity index (χ0) is 14.9. The van der Waals surface area contributed by atoms with E-state index in [1.807, 2.05) is 25.2 Å². The molecule has 0 spiro atoms. The Hall–Kier alpha value is -1.49. The van der Waals surface area contributed by atoms with Gasteiger partial charge in [-0.25, -0.2) is 0 Å². The van der Waals surface area contributed by atoms with E-state index in [1.54, 1.807) is 11.8 Å². The first kappa shape index (κ1) is 14.9. The highest BCUT2D eigenvalue weighted by atomic mass is 79.9. The average Bonchev–Trinajstić information content (AvgIpc) is 2.66. The van der Waals surface area contributed by atoms with Crippen LogP contribution in [0.25, 0.3) is 11.3 Å². The molecule has 5 heteroatoms. The van der Waals surface area contributed by atoms with Gasteiger partial charge in [0.15, 0.2) is 0 Å². The van der Waals surface area contributed by atoms with Crippen molar-refractivity contribution in [2.24, 2.45) is 13.0 Å². The minimum atomic E-state index is 0.515. The summed E-state index contributed by atoms with van der Waals surface area (Å²) >= 11 is 3.46. The second-order valence-corrected chi connectivity index (χ2v) is 6.19. The Balaban J connectivity index is 2.60. The third-order valence-corrected chi connectivity index (χ3v) is 3.72. The van der Waals surface area contributed by atoms with Crippen LogP contribution >= 0.6 is 15.9 Å². The van der Waals surface area contributed by atoms with Crippen LogP contribution in [0, 0.1) is 5.92 Å². The van der Waals surface area contributed by atoms with Crippen molar-refractivity contribution in [3.63, 3.8) is 0 Å². The van der Waals surface area contributed by atoms with Gasteiger partial charge in [-0.3, -0.25) is 4.68 Å². The van der Waals surface area contributed by atoms with E-state index < -0.39 is 0 Å². The van der Waals surface area contributed by atoms with E-state index in [1.165, 1.54) is 0 Å². The second kappa shape index (κ2) is 5.87. The molecule has 1 aromatic carbocycles. The number of aryl methyl sites for hydroxylation is 1. The predicted octanol–water partition coefficient (Wildman–Crippen LogP) is 3.64. The highest BCUT2D eigenvalue weighted by molar-refractivity contribution is 9.10. The number of benzene rings is 1. The lowest BCUT2D eigenvalue weighted by atomic mass is 9.98. The molecule has 0 radical (unpaired) electrons. The summed E-state index contributed by atoms with van der Waals surface area (Å²) in [6, 6.07) is 5.94. The Morgan fingerprint density at radius 3 is 2.70 bits per heavy atom. The van der Waals surface area contributed by atoms with Crippen LogP contribution in [0.1, 0.15) is 19.4 Å². The second-order valence-electron chi connectivity index (χ2n) is 5.28. The first-order chi connectivity index (χ1) is 9.43. The van der Waals surface area contributed by atoms with E-state index in [0.29, 0.717) is 5.92 Å². The van der Waals surface area contributed by atoms with E-state index in [4.69, 9.17) is 10.5 Å². The lowest BCUT2D eigenvalue weighted by molar-refractivity contribution is 0.416. The zero-order valence-electron chi connectivity index (χ0n) is 12.3. The molecule has 4 nitrogen and oxygen atoms in total. The molecule has 0 aliphatic rings. The van der Waals surface area contributed by atoms with Crippen LogP contribution in [0.3, 0.4) is 0 Å². The normalized spacial score (nSPS) is 11.1. The quantitative estimate of drug-likeness (QED) is 0.926. The summed E-state index contributed by atoms with van der Waals surface area (Å²) in [7, 11) is 3.54. The molecule has 0 saturated heterocycles. The van der Waals surface area contributed by atoms with Crippen LogP contribution in [-0.4, -0.2) is 16.9 Å². The van der Waals surface area contributed by atoms with E-state index in [9.17, 15) is 0 Å². The molecule has 0 amide bonds. The fraction of sp³-hybridized carbons (Fsp3) is 0.400. The standard InChI is InChI=1S/C15H20BrN3O/c1-9(2)7-12-14(18-19(3)15(12)17)11-6-5-10(16)8-13(11)20-4/h5-6,8-9H,7,17H2,1-4H3. The first-order valence-corrected chi connectivity index (χ1v) is 7.38. The topological polar surface area (TPSA) is 53.1 Å². The molecule has 0 saturated carbocycles. The molecule has 0 aliphatic heterocycles. The third kappa shape index (κ3) is 2.82. The van der Waals surface area contributed by atoms with Crippen molar-refractivity contribution in [2.45, 2.75) is 20.3 Å². The maximum absolute atomic E-state index is 6.16. The van der Waals surface area contributed by atoms with Gasteiger partial charge in [0, 0.05) is 22.6 Å². The van der Waals surface area contributed by atoms with Crippen molar-refractivity contribution in [1.82, 2.24) is 9.78 Å². The van der Waals surface area contributed by atoms with Crippen LogP contribution in [0.5, 0.6) is 5.75 Å². The first-order valence-electron chi connectivity index (χ1n) is 6.59. The van der Waals surface area contributed by atoms with E-state index in [-0.39, 0.29) is 0 Å². The zero-order valence-corrected chi connectivity index (χ0v) is 13.9. The molecule has 2 rings (SSSR count). The highest BCUT2D eigenvalue weighted by Gasteiger charge is 2.19. The van der Waals surface area contributed by atoms with Gasteiger partial charge in [-0.05, 0) is 30.5 Å². The van der Waals surface area contributed by atoms with Crippen molar-refractivity contribution in [1.29, 1.82) is 0 Å². The molecule has 1 heterocycles. The highest BCUT2D eigenvalue weighted by Crippen LogP contribution is 2.36. The number of aromatic nitrogens is 2. The van der Waals surface area contributed by atoms with Gasteiger partial charge in [0.05, 0.1) is 7.11 Å². The Morgan fingerprint density at radius 1 is 1.40 bits per heavy atom. The smallest absolute Gasteiger partial charge is 0.129 e. The largest absolute Gasteiger partial charge is 0.496 e. The van der Waals surface area contributed by atoms with E-state index >= 15 is 0 Å². The van der Waals surface area contributed by atoms with Gasteiger partial charge in [0.1, 0.15) is 17.3 Å². The molecule has 0 fully saturated rings. The fourth-order valence-electron chi connectivity index (χ4n) is 2.27. The fourth-order valence-corrected chi connectivity index (χ4v) is 2.61. The van der Waals surface area contributed by atoms with Gasteiger partial charge in [-0.1, -0.05) is 29.8 Å². The summed E-state index contributed by atoms with van der Waals surface area (Å²) in [5.74, 6) is 2.03. The van der Waals surface area contributed by atoms with Crippen molar-refractivity contribution in [3.8, 4) is 17.0 Å². The molecule has 2 N–H and O–H groups in total. The van der Waals surface area contributed by atoms with E-state index in [0.717, 1.165) is 39.3 Å². The van der Waals surface area contributed by atoms with Crippen LogP contribution < -0.4 is 10.5 Å². The van der Waals surface area contributed by atoms with Crippen LogP contribution in [0.15, 0.2) is 22.7 Å². The van der Waals surface area contributed by atoms with Crippen molar-refractivity contribution < 1.29 is 4.74 Å². The number of anilines is 1. The number of ether oxygens (including phenoxy) is 1. The summed E-state index contributed by atoms with van der Waals surface area (Å²) in [4.78, 5) is 0. The lowest BCUT2D eigenvalue weighted by Crippen LogP contribution is -2.02. The number of halogens is 1. The summed E-state index contributed by atoms with van der Waals surface area (Å²) in [6.45, 7) is 4.35. The van der Waals surface area contributed by atoms with Crippen LogP contribution in [0.2, 0.25) is 0 Å². The molecule has 20 heavy (non-hydrogen) atoms. The molecule has 0 unspecified atom stereocenters. The maximum atomic E-state index is 6.16. The summed E-state index contributed by atoms with van der Waals surface area (Å²) in [6.07, 6.45) is 0.897. The summed E-state index contributed by atoms with van der Waals surface area (Å²) < 4.78 is 8.18. The molecule has 1 aromatic heterocycles. The summed E-state index contributed by atoms with van der Waals surface area (Å²) in [5.41, 5.74) is 9.12. The minimum absolute atomic E-state index is 0.515. The predicted molar refractivity (Wildman–Crippen MR) is 85.9 cm³/mol. The summed E-state index contributed by atoms with van der Waals surface area (Å²) in [5, 5.41) is 4.57. The molecular formula is C15H20BrN3O. The lowest BCUT2D eigenvalue weighted by Gasteiger charge is -2.10. The monoisotopic (exact) mass is 337 g/mol. The number of nitrogen functional groups attached to an aromatic ring is 1. The van der Waals surface area contributed by atoms with Gasteiger partial charge < -0.3 is 10.5 Å². The molecule has 0 bridgehead atoms.